The summed E-state index contributed by atoms with van der Waals surface area (Å²) >= 11 is 5.67. The molecule has 0 spiro atoms. The van der Waals surface area contributed by atoms with Gasteiger partial charge in [0.2, 0.25) is 0 Å². The van der Waals surface area contributed by atoms with E-state index in [0.717, 1.165) is 5.56 Å². The lowest BCUT2D eigenvalue weighted by Crippen LogP contribution is -1.96. The van der Waals surface area contributed by atoms with Crippen molar-refractivity contribution in [2.24, 2.45) is 0 Å². The van der Waals surface area contributed by atoms with Crippen molar-refractivity contribution < 1.29 is 4.74 Å². The SMILES string of the molecule is Clc1cc(OCc2ccccc2)cnn1. The molecule has 1 aromatic carbocycles. The van der Waals surface area contributed by atoms with Gasteiger partial charge in [0.05, 0.1) is 6.20 Å². The summed E-state index contributed by atoms with van der Waals surface area (Å²) < 4.78 is 5.49. The lowest BCUT2D eigenvalue weighted by molar-refractivity contribution is 0.304. The lowest BCUT2D eigenvalue weighted by Gasteiger charge is -2.04. The average Bonchev–Trinajstić information content (AvgIpc) is 2.28. The minimum atomic E-state index is 0.334. The van der Waals surface area contributed by atoms with Gasteiger partial charge in [0.15, 0.2) is 5.15 Å². The molecule has 76 valence electrons. The molecule has 0 bridgehead atoms. The van der Waals surface area contributed by atoms with E-state index in [0.29, 0.717) is 17.5 Å². The van der Waals surface area contributed by atoms with E-state index >= 15 is 0 Å². The molecule has 0 saturated carbocycles. The average molecular weight is 221 g/mol. The van der Waals surface area contributed by atoms with Gasteiger partial charge in [-0.1, -0.05) is 41.9 Å². The summed E-state index contributed by atoms with van der Waals surface area (Å²) in [7, 11) is 0. The van der Waals surface area contributed by atoms with Gasteiger partial charge in [-0.25, -0.2) is 0 Å². The number of ether oxygens (including phenoxy) is 1. The first-order chi connectivity index (χ1) is 7.34. The monoisotopic (exact) mass is 220 g/mol. The standard InChI is InChI=1S/C11H9ClN2O/c12-11-6-10(7-13-14-11)15-8-9-4-2-1-3-5-9/h1-7H,8H2. The fraction of sp³-hybridized carbons (Fsp3) is 0.0909. The Bertz CT molecular complexity index is 434. The van der Waals surface area contributed by atoms with Crippen LogP contribution in [0.1, 0.15) is 5.56 Å². The molecule has 0 atom stereocenters. The van der Waals surface area contributed by atoms with Gasteiger partial charge in [-0.15, -0.1) is 5.10 Å². The fourth-order valence-corrected chi connectivity index (χ4v) is 1.30. The third kappa shape index (κ3) is 2.92. The second-order valence-corrected chi connectivity index (χ2v) is 3.38. The molecule has 0 radical (unpaired) electrons. The second kappa shape index (κ2) is 4.75. The molecular formula is C11H9ClN2O. The topological polar surface area (TPSA) is 35.0 Å². The van der Waals surface area contributed by atoms with Crippen molar-refractivity contribution in [1.29, 1.82) is 0 Å². The molecule has 1 aromatic heterocycles. The largest absolute Gasteiger partial charge is 0.487 e. The Balaban J connectivity index is 1.99. The van der Waals surface area contributed by atoms with Crippen molar-refractivity contribution in [1.82, 2.24) is 10.2 Å². The van der Waals surface area contributed by atoms with E-state index in [1.54, 1.807) is 6.07 Å². The van der Waals surface area contributed by atoms with E-state index in [-0.39, 0.29) is 0 Å². The van der Waals surface area contributed by atoms with Gasteiger partial charge in [-0.2, -0.15) is 5.10 Å². The van der Waals surface area contributed by atoms with Crippen LogP contribution in [0.25, 0.3) is 0 Å². The predicted octanol–water partition coefficient (Wildman–Crippen LogP) is 2.71. The van der Waals surface area contributed by atoms with Crippen molar-refractivity contribution in [2.75, 3.05) is 0 Å². The first-order valence-corrected chi connectivity index (χ1v) is 4.87. The summed E-state index contributed by atoms with van der Waals surface area (Å²) in [5.41, 5.74) is 1.10. The Morgan fingerprint density at radius 3 is 2.73 bits per heavy atom. The van der Waals surface area contributed by atoms with E-state index in [1.807, 2.05) is 30.3 Å². The highest BCUT2D eigenvalue weighted by Gasteiger charge is 1.97. The van der Waals surface area contributed by atoms with Crippen LogP contribution in [0.3, 0.4) is 0 Å². The van der Waals surface area contributed by atoms with Crippen LogP contribution in [0.5, 0.6) is 5.75 Å². The van der Waals surface area contributed by atoms with Crippen LogP contribution >= 0.6 is 11.6 Å². The van der Waals surface area contributed by atoms with E-state index in [9.17, 15) is 0 Å². The van der Waals surface area contributed by atoms with Gasteiger partial charge < -0.3 is 4.74 Å². The summed E-state index contributed by atoms with van der Waals surface area (Å²) in [6.45, 7) is 0.503. The van der Waals surface area contributed by atoms with E-state index < -0.39 is 0 Å². The summed E-state index contributed by atoms with van der Waals surface area (Å²) in [5.74, 6) is 0.624. The summed E-state index contributed by atoms with van der Waals surface area (Å²) in [5, 5.41) is 7.65. The molecule has 0 amide bonds. The van der Waals surface area contributed by atoms with Crippen molar-refractivity contribution in [3.8, 4) is 5.75 Å². The van der Waals surface area contributed by atoms with Crippen molar-refractivity contribution in [2.45, 2.75) is 6.61 Å². The van der Waals surface area contributed by atoms with Crippen LogP contribution in [0, 0.1) is 0 Å². The van der Waals surface area contributed by atoms with Crippen molar-refractivity contribution >= 4 is 11.6 Å². The second-order valence-electron chi connectivity index (χ2n) is 2.99. The number of halogens is 1. The molecule has 0 saturated heterocycles. The Morgan fingerprint density at radius 1 is 1.20 bits per heavy atom. The van der Waals surface area contributed by atoms with Gasteiger partial charge in [0.25, 0.3) is 0 Å². The van der Waals surface area contributed by atoms with Crippen molar-refractivity contribution in [3.63, 3.8) is 0 Å². The van der Waals surface area contributed by atoms with E-state index in [1.165, 1.54) is 6.20 Å². The minimum absolute atomic E-state index is 0.334. The molecule has 0 aliphatic carbocycles. The van der Waals surface area contributed by atoms with Gasteiger partial charge in [-0.3, -0.25) is 0 Å². The number of nitrogens with zero attached hydrogens (tertiary/aromatic N) is 2. The zero-order valence-corrected chi connectivity index (χ0v) is 8.69. The maximum Gasteiger partial charge on any atom is 0.155 e. The van der Waals surface area contributed by atoms with Crippen LogP contribution < -0.4 is 4.74 Å². The first kappa shape index (κ1) is 9.93. The van der Waals surface area contributed by atoms with Crippen molar-refractivity contribution in [3.05, 3.63) is 53.3 Å². The third-order valence-corrected chi connectivity index (χ3v) is 2.03. The highest BCUT2D eigenvalue weighted by molar-refractivity contribution is 6.29. The normalized spacial score (nSPS) is 9.93. The highest BCUT2D eigenvalue weighted by atomic mass is 35.5. The van der Waals surface area contributed by atoms with Gasteiger partial charge in [-0.05, 0) is 5.56 Å². The molecule has 0 aliphatic heterocycles. The van der Waals surface area contributed by atoms with Gasteiger partial charge in [0.1, 0.15) is 12.4 Å². The van der Waals surface area contributed by atoms with Crippen LogP contribution in [0.4, 0.5) is 0 Å². The minimum Gasteiger partial charge on any atom is -0.487 e. The number of hydrogen-bond acceptors (Lipinski definition) is 3. The third-order valence-electron chi connectivity index (χ3n) is 1.85. The Labute approximate surface area is 92.7 Å². The Hall–Kier alpha value is -1.61. The quantitative estimate of drug-likeness (QED) is 0.798. The van der Waals surface area contributed by atoms with E-state index in [2.05, 4.69) is 10.2 Å². The Morgan fingerprint density at radius 2 is 2.00 bits per heavy atom. The summed E-state index contributed by atoms with van der Waals surface area (Å²) in [6, 6.07) is 11.5. The molecule has 15 heavy (non-hydrogen) atoms. The maximum absolute atomic E-state index is 5.67. The molecule has 0 aliphatic rings. The fourth-order valence-electron chi connectivity index (χ4n) is 1.14. The number of rotatable bonds is 3. The maximum atomic E-state index is 5.67. The molecule has 2 rings (SSSR count). The van der Waals surface area contributed by atoms with Gasteiger partial charge >= 0.3 is 0 Å². The Kier molecular flexibility index (Phi) is 3.15. The number of hydrogen-bond donors (Lipinski definition) is 0. The molecule has 2 aromatic rings. The summed E-state index contributed by atoms with van der Waals surface area (Å²) in [6.07, 6.45) is 1.54. The molecule has 0 fully saturated rings. The van der Waals surface area contributed by atoms with Gasteiger partial charge in [0, 0.05) is 6.07 Å². The number of aromatic nitrogens is 2. The first-order valence-electron chi connectivity index (χ1n) is 4.49. The predicted molar refractivity (Wildman–Crippen MR) is 57.8 cm³/mol. The highest BCUT2D eigenvalue weighted by Crippen LogP contribution is 2.14. The molecule has 4 heteroatoms. The zero-order chi connectivity index (χ0) is 10.5. The smallest absolute Gasteiger partial charge is 0.155 e. The molecule has 0 N–H and O–H groups in total. The molecular weight excluding hydrogens is 212 g/mol. The number of benzene rings is 1. The summed E-state index contributed by atoms with van der Waals surface area (Å²) in [4.78, 5) is 0. The molecule has 1 heterocycles. The van der Waals surface area contributed by atoms with Crippen LogP contribution in [0.2, 0.25) is 5.15 Å². The molecule has 3 nitrogen and oxygen atoms in total. The lowest BCUT2D eigenvalue weighted by atomic mass is 10.2. The van der Waals surface area contributed by atoms with Crippen LogP contribution in [0.15, 0.2) is 42.6 Å². The van der Waals surface area contributed by atoms with Crippen LogP contribution in [-0.4, -0.2) is 10.2 Å². The van der Waals surface area contributed by atoms with Crippen LogP contribution in [-0.2, 0) is 6.61 Å². The zero-order valence-electron chi connectivity index (χ0n) is 7.93. The van der Waals surface area contributed by atoms with E-state index in [4.69, 9.17) is 16.3 Å². The molecule has 0 unspecified atom stereocenters.